The number of carboxylic acid groups (broad SMARTS) is 1. The first-order valence-electron chi connectivity index (χ1n) is 4.01. The highest BCUT2D eigenvalue weighted by atomic mass is 32.2. The first-order chi connectivity index (χ1) is 5.89. The van der Waals surface area contributed by atoms with E-state index >= 15 is 0 Å². The van der Waals surface area contributed by atoms with Crippen LogP contribution in [0.15, 0.2) is 0 Å². The van der Waals surface area contributed by atoms with Crippen molar-refractivity contribution in [2.24, 2.45) is 5.73 Å². The van der Waals surface area contributed by atoms with E-state index < -0.39 is 21.1 Å². The predicted molar refractivity (Wildman–Crippen MR) is 49.2 cm³/mol. The Balaban J connectivity index is 4.22. The van der Waals surface area contributed by atoms with Crippen molar-refractivity contribution >= 4 is 15.8 Å². The third-order valence-electron chi connectivity index (χ3n) is 1.71. The van der Waals surface area contributed by atoms with Crippen molar-refractivity contribution in [1.82, 2.24) is 0 Å². The molecule has 0 saturated carbocycles. The largest absolute Gasteiger partial charge is 0.480 e. The van der Waals surface area contributed by atoms with Gasteiger partial charge < -0.3 is 10.8 Å². The summed E-state index contributed by atoms with van der Waals surface area (Å²) < 4.78 is 21.9. The van der Waals surface area contributed by atoms with E-state index in [-0.39, 0.29) is 6.42 Å². The number of carbonyl (C=O) groups is 1. The molecule has 1 unspecified atom stereocenters. The highest BCUT2D eigenvalue weighted by Gasteiger charge is 2.27. The van der Waals surface area contributed by atoms with Crippen molar-refractivity contribution in [2.45, 2.75) is 24.5 Å². The van der Waals surface area contributed by atoms with Gasteiger partial charge in [0.2, 0.25) is 0 Å². The highest BCUT2D eigenvalue weighted by Crippen LogP contribution is 2.09. The van der Waals surface area contributed by atoms with E-state index in [0.717, 1.165) is 6.26 Å². The van der Waals surface area contributed by atoms with Crippen LogP contribution in [-0.4, -0.2) is 37.5 Å². The number of hydrogen-bond donors (Lipinski definition) is 2. The van der Waals surface area contributed by atoms with Crippen molar-refractivity contribution < 1.29 is 18.3 Å². The van der Waals surface area contributed by atoms with E-state index in [0.29, 0.717) is 19.4 Å². The fourth-order valence-electron chi connectivity index (χ4n) is 0.995. The molecular weight excluding hydrogens is 194 g/mol. The Bertz CT molecular complexity index is 260. The van der Waals surface area contributed by atoms with Crippen molar-refractivity contribution in [1.29, 1.82) is 0 Å². The molecule has 78 valence electrons. The van der Waals surface area contributed by atoms with E-state index in [1.54, 1.807) is 0 Å². The lowest BCUT2D eigenvalue weighted by Crippen LogP contribution is -2.29. The highest BCUT2D eigenvalue weighted by molar-refractivity contribution is 7.92. The molecule has 0 amide bonds. The molecule has 5 nitrogen and oxygen atoms in total. The first kappa shape index (κ1) is 12.4. The summed E-state index contributed by atoms with van der Waals surface area (Å²) in [4.78, 5) is 10.5. The molecule has 0 heterocycles. The number of unbranched alkanes of at least 4 members (excludes halogenated alkanes) is 1. The van der Waals surface area contributed by atoms with Crippen molar-refractivity contribution in [3.8, 4) is 0 Å². The molecule has 0 fully saturated rings. The molecule has 13 heavy (non-hydrogen) atoms. The number of rotatable bonds is 6. The second-order valence-corrected chi connectivity index (χ2v) is 5.17. The quantitative estimate of drug-likeness (QED) is 0.581. The van der Waals surface area contributed by atoms with Crippen LogP contribution in [0.1, 0.15) is 19.3 Å². The minimum atomic E-state index is -3.48. The summed E-state index contributed by atoms with van der Waals surface area (Å²) >= 11 is 0. The normalized spacial score (nSPS) is 14.0. The zero-order valence-electron chi connectivity index (χ0n) is 7.56. The van der Waals surface area contributed by atoms with Gasteiger partial charge in [-0.05, 0) is 19.4 Å². The number of aliphatic carboxylic acids is 1. The number of nitrogens with two attached hydrogens (primary N) is 1. The molecule has 0 aliphatic heterocycles. The number of carboxylic acids is 1. The number of sulfone groups is 1. The van der Waals surface area contributed by atoms with Crippen LogP contribution < -0.4 is 5.73 Å². The predicted octanol–water partition coefficient (Wildman–Crippen LogP) is -0.387. The molecule has 0 aromatic carbocycles. The van der Waals surface area contributed by atoms with E-state index in [1.807, 2.05) is 0 Å². The molecule has 0 aromatic rings. The van der Waals surface area contributed by atoms with E-state index in [9.17, 15) is 13.2 Å². The van der Waals surface area contributed by atoms with Gasteiger partial charge >= 0.3 is 5.97 Å². The molecule has 6 heteroatoms. The lowest BCUT2D eigenvalue weighted by Gasteiger charge is -2.08. The van der Waals surface area contributed by atoms with Gasteiger partial charge in [0, 0.05) is 6.26 Å². The molecule has 0 radical (unpaired) electrons. The molecule has 0 spiro atoms. The Morgan fingerprint density at radius 2 is 2.00 bits per heavy atom. The fraction of sp³-hybridized carbons (Fsp3) is 0.857. The fourth-order valence-corrected chi connectivity index (χ4v) is 1.96. The minimum absolute atomic E-state index is 0.144. The van der Waals surface area contributed by atoms with E-state index in [1.165, 1.54) is 0 Å². The molecule has 0 aliphatic rings. The van der Waals surface area contributed by atoms with Gasteiger partial charge in [0.1, 0.15) is 0 Å². The zero-order valence-corrected chi connectivity index (χ0v) is 8.38. The molecular formula is C7H15NO4S. The average molecular weight is 209 g/mol. The van der Waals surface area contributed by atoms with E-state index in [4.69, 9.17) is 10.8 Å². The van der Waals surface area contributed by atoms with Gasteiger partial charge in [-0.25, -0.2) is 8.42 Å². The smallest absolute Gasteiger partial charge is 0.321 e. The van der Waals surface area contributed by atoms with Crippen LogP contribution in [0.2, 0.25) is 0 Å². The maximum Gasteiger partial charge on any atom is 0.321 e. The Hall–Kier alpha value is -0.620. The summed E-state index contributed by atoms with van der Waals surface area (Å²) in [6.07, 6.45) is 2.26. The SMILES string of the molecule is CS(=O)(=O)C(CCCCN)C(=O)O. The van der Waals surface area contributed by atoms with Crippen LogP contribution in [-0.2, 0) is 14.6 Å². The monoisotopic (exact) mass is 209 g/mol. The van der Waals surface area contributed by atoms with Crippen molar-refractivity contribution in [3.63, 3.8) is 0 Å². The summed E-state index contributed by atoms with van der Waals surface area (Å²) in [5.74, 6) is -1.28. The molecule has 1 atom stereocenters. The Morgan fingerprint density at radius 3 is 2.31 bits per heavy atom. The molecule has 0 saturated heterocycles. The molecule has 0 rings (SSSR count). The van der Waals surface area contributed by atoms with E-state index in [2.05, 4.69) is 0 Å². The molecule has 0 bridgehead atoms. The minimum Gasteiger partial charge on any atom is -0.480 e. The standard InChI is InChI=1S/C7H15NO4S/c1-13(11,12)6(7(9)10)4-2-3-5-8/h6H,2-5,8H2,1H3,(H,9,10). The van der Waals surface area contributed by atoms with Gasteiger partial charge in [-0.2, -0.15) is 0 Å². The third-order valence-corrected chi connectivity index (χ3v) is 3.18. The Labute approximate surface area is 77.8 Å². The third kappa shape index (κ3) is 4.84. The van der Waals surface area contributed by atoms with Gasteiger partial charge in [-0.3, -0.25) is 4.79 Å². The summed E-state index contributed by atoms with van der Waals surface area (Å²) in [6, 6.07) is 0. The molecule has 0 aromatic heterocycles. The maximum absolute atomic E-state index is 11.0. The van der Waals surface area contributed by atoms with Crippen LogP contribution in [0, 0.1) is 0 Å². The first-order valence-corrected chi connectivity index (χ1v) is 5.96. The van der Waals surface area contributed by atoms with Crippen molar-refractivity contribution in [2.75, 3.05) is 12.8 Å². The summed E-state index contributed by atoms with van der Waals surface area (Å²) in [6.45, 7) is 0.454. The number of hydrogen-bond acceptors (Lipinski definition) is 4. The van der Waals surface area contributed by atoms with Crippen LogP contribution >= 0.6 is 0 Å². The second-order valence-electron chi connectivity index (χ2n) is 2.94. The maximum atomic E-state index is 11.0. The van der Waals surface area contributed by atoms with Crippen molar-refractivity contribution in [3.05, 3.63) is 0 Å². The summed E-state index contributed by atoms with van der Waals surface area (Å²) in [5, 5.41) is 7.32. The molecule has 0 aliphatic carbocycles. The molecule has 3 N–H and O–H groups in total. The summed E-state index contributed by atoms with van der Waals surface area (Å²) in [5.41, 5.74) is 5.20. The van der Waals surface area contributed by atoms with Gasteiger partial charge in [0.15, 0.2) is 15.1 Å². The zero-order chi connectivity index (χ0) is 10.5. The van der Waals surface area contributed by atoms with Gasteiger partial charge in [0.25, 0.3) is 0 Å². The lowest BCUT2D eigenvalue weighted by atomic mass is 10.2. The van der Waals surface area contributed by atoms with Gasteiger partial charge in [-0.15, -0.1) is 0 Å². The second kappa shape index (κ2) is 5.18. The van der Waals surface area contributed by atoms with Crippen LogP contribution in [0.5, 0.6) is 0 Å². The van der Waals surface area contributed by atoms with Crippen LogP contribution in [0.25, 0.3) is 0 Å². The Morgan fingerprint density at radius 1 is 1.46 bits per heavy atom. The van der Waals surface area contributed by atoms with Gasteiger partial charge in [0.05, 0.1) is 0 Å². The summed E-state index contributed by atoms with van der Waals surface area (Å²) in [7, 11) is -3.48. The average Bonchev–Trinajstić information content (AvgIpc) is 1.94. The van der Waals surface area contributed by atoms with Gasteiger partial charge in [-0.1, -0.05) is 6.42 Å². The Kier molecular flexibility index (Phi) is 4.94. The lowest BCUT2D eigenvalue weighted by molar-refractivity contribution is -0.136. The van der Waals surface area contributed by atoms with Crippen LogP contribution in [0.3, 0.4) is 0 Å². The van der Waals surface area contributed by atoms with Crippen LogP contribution in [0.4, 0.5) is 0 Å². The topological polar surface area (TPSA) is 97.5 Å².